The van der Waals surface area contributed by atoms with Crippen molar-refractivity contribution >= 4 is 17.6 Å². The first-order chi connectivity index (χ1) is 9.58. The standard InChI is InChI=1S/C14H15ClN2O3/c1-10-13(9-16-17(10)2)14(18)20-8-7-19-12-5-3-11(15)4-6-12/h3-6,9H,7-8H2,1-2H3. The van der Waals surface area contributed by atoms with Crippen LogP contribution in [0.4, 0.5) is 0 Å². The smallest absolute Gasteiger partial charge is 0.341 e. The molecule has 0 aliphatic heterocycles. The molecule has 20 heavy (non-hydrogen) atoms. The second kappa shape index (κ2) is 6.43. The predicted octanol–water partition coefficient (Wildman–Crippen LogP) is 2.62. The van der Waals surface area contributed by atoms with Crippen LogP contribution in [0.5, 0.6) is 5.75 Å². The molecule has 0 saturated carbocycles. The molecule has 0 radical (unpaired) electrons. The normalized spacial score (nSPS) is 10.3. The third-order valence-corrected chi connectivity index (χ3v) is 3.11. The van der Waals surface area contributed by atoms with Gasteiger partial charge in [-0.3, -0.25) is 4.68 Å². The lowest BCUT2D eigenvalue weighted by Crippen LogP contribution is -2.13. The lowest BCUT2D eigenvalue weighted by molar-refractivity contribution is 0.0449. The van der Waals surface area contributed by atoms with Crippen molar-refractivity contribution in [3.05, 3.63) is 46.7 Å². The van der Waals surface area contributed by atoms with Crippen molar-refractivity contribution in [1.29, 1.82) is 0 Å². The molecule has 0 saturated heterocycles. The van der Waals surface area contributed by atoms with E-state index in [9.17, 15) is 4.79 Å². The number of rotatable bonds is 5. The van der Waals surface area contributed by atoms with Crippen molar-refractivity contribution < 1.29 is 14.3 Å². The van der Waals surface area contributed by atoms with Crippen LogP contribution in [0.25, 0.3) is 0 Å². The van der Waals surface area contributed by atoms with E-state index in [-0.39, 0.29) is 13.2 Å². The summed E-state index contributed by atoms with van der Waals surface area (Å²) in [6.07, 6.45) is 1.50. The van der Waals surface area contributed by atoms with Gasteiger partial charge in [-0.05, 0) is 31.2 Å². The van der Waals surface area contributed by atoms with Crippen molar-refractivity contribution in [2.45, 2.75) is 6.92 Å². The topological polar surface area (TPSA) is 53.4 Å². The van der Waals surface area contributed by atoms with Gasteiger partial charge in [0.15, 0.2) is 0 Å². The number of hydrogen-bond acceptors (Lipinski definition) is 4. The SMILES string of the molecule is Cc1c(C(=O)OCCOc2ccc(Cl)cc2)cnn1C. The molecule has 1 aromatic carbocycles. The van der Waals surface area contributed by atoms with Crippen LogP contribution in [0.2, 0.25) is 5.02 Å². The fraction of sp³-hybridized carbons (Fsp3) is 0.286. The molecule has 1 aromatic heterocycles. The van der Waals surface area contributed by atoms with Gasteiger partial charge in [0, 0.05) is 17.8 Å². The van der Waals surface area contributed by atoms with E-state index in [0.717, 1.165) is 5.69 Å². The molecule has 106 valence electrons. The summed E-state index contributed by atoms with van der Waals surface area (Å²) in [6.45, 7) is 2.27. The van der Waals surface area contributed by atoms with Crippen molar-refractivity contribution in [3.63, 3.8) is 0 Å². The average molecular weight is 295 g/mol. The highest BCUT2D eigenvalue weighted by Gasteiger charge is 2.13. The van der Waals surface area contributed by atoms with E-state index in [1.165, 1.54) is 6.20 Å². The average Bonchev–Trinajstić information content (AvgIpc) is 2.77. The quantitative estimate of drug-likeness (QED) is 0.628. The van der Waals surface area contributed by atoms with Gasteiger partial charge >= 0.3 is 5.97 Å². The molecule has 0 bridgehead atoms. The Kier molecular flexibility index (Phi) is 4.63. The summed E-state index contributed by atoms with van der Waals surface area (Å²) < 4.78 is 12.2. The van der Waals surface area contributed by atoms with Crippen molar-refractivity contribution in [2.75, 3.05) is 13.2 Å². The Balaban J connectivity index is 1.77. The van der Waals surface area contributed by atoms with E-state index in [2.05, 4.69) is 5.10 Å². The highest BCUT2D eigenvalue weighted by Crippen LogP contribution is 2.15. The minimum absolute atomic E-state index is 0.176. The van der Waals surface area contributed by atoms with Gasteiger partial charge in [-0.1, -0.05) is 11.6 Å². The molecule has 0 aliphatic rings. The maximum atomic E-state index is 11.8. The number of hydrogen-bond donors (Lipinski definition) is 0. The fourth-order valence-corrected chi connectivity index (χ4v) is 1.73. The number of benzene rings is 1. The number of halogens is 1. The van der Waals surface area contributed by atoms with E-state index in [4.69, 9.17) is 21.1 Å². The largest absolute Gasteiger partial charge is 0.490 e. The first-order valence-corrected chi connectivity index (χ1v) is 6.50. The zero-order valence-corrected chi connectivity index (χ0v) is 12.1. The maximum Gasteiger partial charge on any atom is 0.341 e. The van der Waals surface area contributed by atoms with Gasteiger partial charge in [0.25, 0.3) is 0 Å². The van der Waals surface area contributed by atoms with Crippen LogP contribution in [0.1, 0.15) is 16.1 Å². The molecule has 6 heteroatoms. The zero-order chi connectivity index (χ0) is 14.5. The highest BCUT2D eigenvalue weighted by molar-refractivity contribution is 6.30. The lowest BCUT2D eigenvalue weighted by Gasteiger charge is -2.07. The van der Waals surface area contributed by atoms with Crippen LogP contribution >= 0.6 is 11.6 Å². The van der Waals surface area contributed by atoms with E-state index in [1.807, 2.05) is 6.92 Å². The highest BCUT2D eigenvalue weighted by atomic mass is 35.5. The van der Waals surface area contributed by atoms with Gasteiger partial charge in [-0.25, -0.2) is 4.79 Å². The third kappa shape index (κ3) is 3.51. The second-order valence-electron chi connectivity index (χ2n) is 4.21. The van der Waals surface area contributed by atoms with Crippen molar-refractivity contribution in [1.82, 2.24) is 9.78 Å². The van der Waals surface area contributed by atoms with Gasteiger partial charge < -0.3 is 9.47 Å². The van der Waals surface area contributed by atoms with Gasteiger partial charge in [0.05, 0.1) is 6.20 Å². The lowest BCUT2D eigenvalue weighted by atomic mass is 10.3. The summed E-state index contributed by atoms with van der Waals surface area (Å²) in [6, 6.07) is 6.99. The zero-order valence-electron chi connectivity index (χ0n) is 11.3. The first kappa shape index (κ1) is 14.4. The third-order valence-electron chi connectivity index (χ3n) is 2.85. The number of carbonyl (C=O) groups is 1. The molecule has 0 fully saturated rings. The van der Waals surface area contributed by atoms with Crippen LogP contribution in [-0.2, 0) is 11.8 Å². The predicted molar refractivity (Wildman–Crippen MR) is 75.2 cm³/mol. The number of aryl methyl sites for hydroxylation is 1. The van der Waals surface area contributed by atoms with E-state index < -0.39 is 5.97 Å². The van der Waals surface area contributed by atoms with Crippen LogP contribution in [-0.4, -0.2) is 29.0 Å². The van der Waals surface area contributed by atoms with Gasteiger partial charge in [-0.15, -0.1) is 0 Å². The van der Waals surface area contributed by atoms with Gasteiger partial charge in [-0.2, -0.15) is 5.10 Å². The Bertz CT molecular complexity index is 593. The van der Waals surface area contributed by atoms with Gasteiger partial charge in [0.2, 0.25) is 0 Å². The summed E-state index contributed by atoms with van der Waals surface area (Å²) in [5, 5.41) is 4.64. The van der Waals surface area contributed by atoms with Crippen molar-refractivity contribution in [2.24, 2.45) is 7.05 Å². The molecule has 0 atom stereocenters. The minimum atomic E-state index is -0.393. The molecule has 5 nitrogen and oxygen atoms in total. The minimum Gasteiger partial charge on any atom is -0.490 e. The van der Waals surface area contributed by atoms with Crippen LogP contribution < -0.4 is 4.74 Å². The molecule has 0 unspecified atom stereocenters. The summed E-state index contributed by atoms with van der Waals surface area (Å²) >= 11 is 5.77. The molecule has 1 heterocycles. The number of aromatic nitrogens is 2. The molecular formula is C14H15ClN2O3. The number of carbonyl (C=O) groups excluding carboxylic acids is 1. The monoisotopic (exact) mass is 294 g/mol. The Morgan fingerprint density at radius 2 is 2.00 bits per heavy atom. The molecule has 0 aliphatic carbocycles. The molecule has 2 aromatic rings. The maximum absolute atomic E-state index is 11.8. The van der Waals surface area contributed by atoms with Crippen molar-refractivity contribution in [3.8, 4) is 5.75 Å². The molecule has 2 rings (SSSR count). The number of ether oxygens (including phenoxy) is 2. The Morgan fingerprint density at radius 1 is 1.30 bits per heavy atom. The van der Waals surface area contributed by atoms with E-state index >= 15 is 0 Å². The number of esters is 1. The molecular weight excluding hydrogens is 280 g/mol. The summed E-state index contributed by atoms with van der Waals surface area (Å²) in [7, 11) is 1.77. The van der Waals surface area contributed by atoms with Crippen LogP contribution in [0.15, 0.2) is 30.5 Å². The second-order valence-corrected chi connectivity index (χ2v) is 4.64. The molecule has 0 spiro atoms. The van der Waals surface area contributed by atoms with Gasteiger partial charge in [0.1, 0.15) is 24.5 Å². The first-order valence-electron chi connectivity index (χ1n) is 6.12. The number of nitrogens with zero attached hydrogens (tertiary/aromatic N) is 2. The summed E-state index contributed by atoms with van der Waals surface area (Å²) in [5.74, 6) is 0.290. The summed E-state index contributed by atoms with van der Waals surface area (Å²) in [4.78, 5) is 11.8. The fourth-order valence-electron chi connectivity index (χ4n) is 1.60. The van der Waals surface area contributed by atoms with Crippen LogP contribution in [0, 0.1) is 6.92 Å². The summed E-state index contributed by atoms with van der Waals surface area (Å²) in [5.41, 5.74) is 1.24. The van der Waals surface area contributed by atoms with E-state index in [1.54, 1.807) is 36.0 Å². The Hall–Kier alpha value is -2.01. The Labute approximate surface area is 122 Å². The molecule has 0 amide bonds. The van der Waals surface area contributed by atoms with Crippen LogP contribution in [0.3, 0.4) is 0 Å². The molecule has 0 N–H and O–H groups in total. The van der Waals surface area contributed by atoms with E-state index in [0.29, 0.717) is 16.3 Å². The Morgan fingerprint density at radius 3 is 2.60 bits per heavy atom.